The Hall–Kier alpha value is -1.52. The molecule has 0 radical (unpaired) electrons. The van der Waals surface area contributed by atoms with Crippen molar-refractivity contribution >= 4 is 28.6 Å². The number of anilines is 1. The number of aromatic nitrogens is 1. The fourth-order valence-electron chi connectivity index (χ4n) is 1.90. The summed E-state index contributed by atoms with van der Waals surface area (Å²) in [6.45, 7) is 0.101. The van der Waals surface area contributed by atoms with E-state index in [1.807, 2.05) is 0 Å². The molecular formula is C13H9ClF6N2OS. The van der Waals surface area contributed by atoms with Gasteiger partial charge in [0.1, 0.15) is 0 Å². The van der Waals surface area contributed by atoms with Crippen molar-refractivity contribution in [1.82, 2.24) is 4.98 Å². The van der Waals surface area contributed by atoms with Crippen LogP contribution >= 0.6 is 22.9 Å². The first-order valence-corrected chi connectivity index (χ1v) is 7.45. The Morgan fingerprint density at radius 2 is 1.75 bits per heavy atom. The van der Waals surface area contributed by atoms with Gasteiger partial charge in [-0.2, -0.15) is 26.3 Å². The van der Waals surface area contributed by atoms with Gasteiger partial charge in [0.05, 0.1) is 6.54 Å². The third-order valence-corrected chi connectivity index (χ3v) is 4.21. The lowest BCUT2D eigenvalue weighted by molar-refractivity contribution is -0.376. The average molecular weight is 391 g/mol. The van der Waals surface area contributed by atoms with Gasteiger partial charge in [-0.15, -0.1) is 11.3 Å². The van der Waals surface area contributed by atoms with Crippen LogP contribution in [0.15, 0.2) is 30.5 Å². The second kappa shape index (κ2) is 6.41. The van der Waals surface area contributed by atoms with E-state index in [1.54, 1.807) is 0 Å². The van der Waals surface area contributed by atoms with E-state index < -0.39 is 23.5 Å². The fraction of sp³-hybridized carbons (Fsp3) is 0.308. The zero-order valence-corrected chi connectivity index (χ0v) is 13.1. The number of hydrogen-bond acceptors (Lipinski definition) is 4. The van der Waals surface area contributed by atoms with Crippen molar-refractivity contribution < 1.29 is 31.4 Å². The molecule has 1 aromatic heterocycles. The van der Waals surface area contributed by atoms with E-state index in [9.17, 15) is 31.4 Å². The highest BCUT2D eigenvalue weighted by atomic mass is 35.5. The van der Waals surface area contributed by atoms with Crippen LogP contribution in [0, 0.1) is 0 Å². The first-order chi connectivity index (χ1) is 10.9. The molecule has 0 saturated heterocycles. The van der Waals surface area contributed by atoms with E-state index in [1.165, 1.54) is 12.3 Å². The Morgan fingerprint density at radius 3 is 2.25 bits per heavy atom. The van der Waals surface area contributed by atoms with E-state index >= 15 is 0 Å². The van der Waals surface area contributed by atoms with E-state index in [2.05, 4.69) is 10.3 Å². The summed E-state index contributed by atoms with van der Waals surface area (Å²) >= 11 is 6.73. The Bertz CT molecular complexity index is 701. The molecule has 0 unspecified atom stereocenters. The van der Waals surface area contributed by atoms with Gasteiger partial charge in [-0.05, 0) is 12.1 Å². The molecule has 2 N–H and O–H groups in total. The molecular weight excluding hydrogens is 382 g/mol. The third kappa shape index (κ3) is 3.60. The first-order valence-electron chi connectivity index (χ1n) is 6.25. The maximum atomic E-state index is 12.9. The maximum absolute atomic E-state index is 12.9. The summed E-state index contributed by atoms with van der Waals surface area (Å²) in [7, 11) is 0. The summed E-state index contributed by atoms with van der Waals surface area (Å²) in [5, 5.41) is 12.0. The van der Waals surface area contributed by atoms with Crippen molar-refractivity contribution in [1.29, 1.82) is 0 Å². The number of thiazole rings is 1. The molecule has 0 amide bonds. The lowest BCUT2D eigenvalue weighted by Crippen LogP contribution is -2.53. The third-order valence-electron chi connectivity index (χ3n) is 3.09. The Kier molecular flexibility index (Phi) is 5.03. The largest absolute Gasteiger partial charge is 0.430 e. The van der Waals surface area contributed by atoms with Crippen LogP contribution < -0.4 is 5.32 Å². The van der Waals surface area contributed by atoms with Crippen molar-refractivity contribution in [2.45, 2.75) is 24.5 Å². The van der Waals surface area contributed by atoms with E-state index in [0.29, 0.717) is 17.0 Å². The Morgan fingerprint density at radius 1 is 1.12 bits per heavy atom. The number of halogens is 7. The standard InChI is InChI=1S/C13H9ClF6N2OS/c14-10-22-6-9(24-10)5-21-8-3-1-2-7(4-8)11(23,12(15,16)17)13(18,19)20/h1-4,6,21,23H,5H2. The van der Waals surface area contributed by atoms with Gasteiger partial charge in [0.2, 0.25) is 0 Å². The van der Waals surface area contributed by atoms with Crippen molar-refractivity contribution in [3.63, 3.8) is 0 Å². The van der Waals surface area contributed by atoms with Gasteiger partial charge in [-0.25, -0.2) is 4.98 Å². The highest BCUT2D eigenvalue weighted by Crippen LogP contribution is 2.50. The van der Waals surface area contributed by atoms with E-state index in [-0.39, 0.29) is 16.7 Å². The second-order valence-electron chi connectivity index (χ2n) is 4.72. The number of nitrogens with zero attached hydrogens (tertiary/aromatic N) is 1. The predicted octanol–water partition coefficient (Wildman–Crippen LogP) is 4.72. The second-order valence-corrected chi connectivity index (χ2v) is 6.42. The van der Waals surface area contributed by atoms with Crippen LogP contribution in [-0.2, 0) is 12.1 Å². The van der Waals surface area contributed by atoms with Gasteiger partial charge in [0.25, 0.3) is 5.60 Å². The van der Waals surface area contributed by atoms with Gasteiger partial charge < -0.3 is 10.4 Å². The number of benzene rings is 1. The predicted molar refractivity (Wildman–Crippen MR) is 76.9 cm³/mol. The molecule has 24 heavy (non-hydrogen) atoms. The van der Waals surface area contributed by atoms with Crippen molar-refractivity contribution in [3.8, 4) is 0 Å². The summed E-state index contributed by atoms with van der Waals surface area (Å²) < 4.78 is 77.4. The first kappa shape index (κ1) is 18.8. The van der Waals surface area contributed by atoms with Crippen LogP contribution in [0.4, 0.5) is 32.0 Å². The quantitative estimate of drug-likeness (QED) is 0.742. The van der Waals surface area contributed by atoms with Gasteiger partial charge in [0, 0.05) is 22.3 Å². The minimum atomic E-state index is -5.92. The molecule has 0 aliphatic rings. The van der Waals surface area contributed by atoms with E-state index in [4.69, 9.17) is 11.6 Å². The fourth-order valence-corrected chi connectivity index (χ4v) is 2.81. The summed E-state index contributed by atoms with van der Waals surface area (Å²) in [5.74, 6) is 0. The number of alkyl halides is 6. The monoisotopic (exact) mass is 390 g/mol. The lowest BCUT2D eigenvalue weighted by Gasteiger charge is -2.32. The lowest BCUT2D eigenvalue weighted by atomic mass is 9.92. The minimum absolute atomic E-state index is 0.0241. The maximum Gasteiger partial charge on any atom is 0.430 e. The normalized spacial score (nSPS) is 13.2. The molecule has 0 spiro atoms. The molecule has 132 valence electrons. The molecule has 0 aliphatic heterocycles. The van der Waals surface area contributed by atoms with Gasteiger partial charge in [-0.1, -0.05) is 23.7 Å². The molecule has 0 atom stereocenters. The van der Waals surface area contributed by atoms with Gasteiger partial charge in [0.15, 0.2) is 4.47 Å². The smallest absolute Gasteiger partial charge is 0.380 e. The van der Waals surface area contributed by atoms with Gasteiger partial charge in [-0.3, -0.25) is 0 Å². The van der Waals surface area contributed by atoms with Crippen LogP contribution in [-0.4, -0.2) is 22.4 Å². The number of aliphatic hydroxyl groups is 1. The molecule has 2 aromatic rings. The van der Waals surface area contributed by atoms with Crippen molar-refractivity contribution in [2.75, 3.05) is 5.32 Å². The highest BCUT2D eigenvalue weighted by molar-refractivity contribution is 7.15. The summed E-state index contributed by atoms with van der Waals surface area (Å²) in [6.07, 6.45) is -10.4. The Balaban J connectivity index is 2.31. The molecule has 1 heterocycles. The molecule has 2 rings (SSSR count). The molecule has 0 fully saturated rings. The highest BCUT2D eigenvalue weighted by Gasteiger charge is 2.71. The number of hydrogen-bond donors (Lipinski definition) is 2. The van der Waals surface area contributed by atoms with Crippen LogP contribution in [0.2, 0.25) is 4.47 Å². The van der Waals surface area contributed by atoms with Crippen molar-refractivity contribution in [2.24, 2.45) is 0 Å². The van der Waals surface area contributed by atoms with Gasteiger partial charge >= 0.3 is 12.4 Å². The topological polar surface area (TPSA) is 45.1 Å². The van der Waals surface area contributed by atoms with Crippen LogP contribution in [0.1, 0.15) is 10.4 Å². The van der Waals surface area contributed by atoms with Crippen LogP contribution in [0.3, 0.4) is 0 Å². The van der Waals surface area contributed by atoms with Crippen LogP contribution in [0.5, 0.6) is 0 Å². The summed E-state index contributed by atoms with van der Waals surface area (Å²) in [4.78, 5) is 4.39. The zero-order valence-electron chi connectivity index (χ0n) is 11.5. The SMILES string of the molecule is OC(c1cccc(NCc2cnc(Cl)s2)c1)(C(F)(F)F)C(F)(F)F. The zero-order chi connectivity index (χ0) is 18.2. The number of nitrogens with one attached hydrogen (secondary N) is 1. The van der Waals surface area contributed by atoms with E-state index in [0.717, 1.165) is 17.4 Å². The van der Waals surface area contributed by atoms with Crippen LogP contribution in [0.25, 0.3) is 0 Å². The molecule has 3 nitrogen and oxygen atoms in total. The molecule has 0 aliphatic carbocycles. The number of rotatable bonds is 4. The average Bonchev–Trinajstić information content (AvgIpc) is 2.88. The Labute approximate surface area is 140 Å². The molecule has 0 bridgehead atoms. The summed E-state index contributed by atoms with van der Waals surface area (Å²) in [5.41, 5.74) is -6.30. The molecule has 0 saturated carbocycles. The van der Waals surface area contributed by atoms with Crippen molar-refractivity contribution in [3.05, 3.63) is 45.4 Å². The molecule has 11 heteroatoms. The summed E-state index contributed by atoms with van der Waals surface area (Å²) in [6, 6.07) is 3.43. The molecule has 1 aromatic carbocycles. The minimum Gasteiger partial charge on any atom is -0.380 e.